The van der Waals surface area contributed by atoms with Crippen LogP contribution in [0.15, 0.2) is 201 Å². The van der Waals surface area contributed by atoms with E-state index in [4.69, 9.17) is 28.2 Å². The second kappa shape index (κ2) is 13.7. The van der Waals surface area contributed by atoms with Crippen molar-refractivity contribution in [1.82, 2.24) is 15.0 Å². The Bertz CT molecular complexity index is 4150. The van der Waals surface area contributed by atoms with Crippen LogP contribution in [0.1, 0.15) is 25.0 Å². The van der Waals surface area contributed by atoms with Gasteiger partial charge in [-0.1, -0.05) is 147 Å². The van der Waals surface area contributed by atoms with Crippen LogP contribution in [0, 0.1) is 0 Å². The minimum Gasteiger partial charge on any atom is -0.456 e. The Labute approximate surface area is 378 Å². The quantitative estimate of drug-likeness (QED) is 0.172. The summed E-state index contributed by atoms with van der Waals surface area (Å²) in [7, 11) is 0. The van der Waals surface area contributed by atoms with E-state index >= 15 is 0 Å². The van der Waals surface area contributed by atoms with Gasteiger partial charge in [-0.15, -0.1) is 0 Å². The van der Waals surface area contributed by atoms with Gasteiger partial charge in [0.1, 0.15) is 33.5 Å². The molecule has 6 heteroatoms. The Morgan fingerprint density at radius 2 is 0.788 bits per heavy atom. The molecule has 0 unspecified atom stereocenters. The molecule has 14 rings (SSSR count). The fraction of sp³-hybridized carbons (Fsp3) is 0.0500. The lowest BCUT2D eigenvalue weighted by atomic mass is 9.81. The topological polar surface area (TPSA) is 78.1 Å². The summed E-state index contributed by atoms with van der Waals surface area (Å²) in [6.07, 6.45) is 0. The molecule has 0 saturated carbocycles. The molecule has 1 aliphatic rings. The number of hydrogen-bond donors (Lipinski definition) is 0. The fourth-order valence-corrected chi connectivity index (χ4v) is 10.5. The largest absolute Gasteiger partial charge is 0.456 e. The van der Waals surface area contributed by atoms with Gasteiger partial charge in [0.15, 0.2) is 17.5 Å². The van der Waals surface area contributed by atoms with Crippen molar-refractivity contribution in [3.8, 4) is 67.5 Å². The molecule has 66 heavy (non-hydrogen) atoms. The molecule has 1 aliphatic carbocycles. The van der Waals surface area contributed by atoms with Crippen LogP contribution in [-0.2, 0) is 5.41 Å². The first-order valence-electron chi connectivity index (χ1n) is 22.3. The molecular formula is C60H37N3O3. The van der Waals surface area contributed by atoms with Gasteiger partial charge in [0.25, 0.3) is 0 Å². The zero-order chi connectivity index (χ0) is 43.7. The monoisotopic (exact) mass is 847 g/mol. The van der Waals surface area contributed by atoms with Gasteiger partial charge in [-0.2, -0.15) is 0 Å². The Morgan fingerprint density at radius 1 is 0.303 bits per heavy atom. The number of fused-ring (bicyclic) bond motifs is 12. The number of nitrogens with zero attached hydrogens (tertiary/aromatic N) is 3. The van der Waals surface area contributed by atoms with Crippen molar-refractivity contribution in [2.45, 2.75) is 19.3 Å². The molecule has 4 aromatic heterocycles. The Morgan fingerprint density at radius 3 is 1.53 bits per heavy atom. The number of hydrogen-bond acceptors (Lipinski definition) is 6. The molecular weight excluding hydrogens is 811 g/mol. The van der Waals surface area contributed by atoms with E-state index in [1.165, 1.54) is 33.4 Å². The SMILES string of the molecule is CC1(C)c2ccccc2-c2ccc(-c3ccc(-c4ccc5oc6cccc(-c7nc(-c8ccc9c(c8)oc8ccccc89)nc(-c8cccc9oc%10ccccc%10c89)n7)c6c5c4)cc3)cc21. The molecule has 310 valence electrons. The van der Waals surface area contributed by atoms with Crippen molar-refractivity contribution >= 4 is 65.8 Å². The highest BCUT2D eigenvalue weighted by atomic mass is 16.3. The molecule has 0 spiro atoms. The van der Waals surface area contributed by atoms with Crippen molar-refractivity contribution in [3.05, 3.63) is 199 Å². The molecule has 0 atom stereocenters. The summed E-state index contributed by atoms with van der Waals surface area (Å²) >= 11 is 0. The lowest BCUT2D eigenvalue weighted by Crippen LogP contribution is -2.14. The molecule has 0 saturated heterocycles. The van der Waals surface area contributed by atoms with E-state index < -0.39 is 0 Å². The molecule has 0 N–H and O–H groups in total. The van der Waals surface area contributed by atoms with Crippen LogP contribution in [0.5, 0.6) is 0 Å². The summed E-state index contributed by atoms with van der Waals surface area (Å²) in [4.78, 5) is 15.8. The van der Waals surface area contributed by atoms with Gasteiger partial charge >= 0.3 is 0 Å². The third kappa shape index (κ3) is 5.45. The van der Waals surface area contributed by atoms with Gasteiger partial charge in [-0.3, -0.25) is 0 Å². The van der Waals surface area contributed by atoms with Gasteiger partial charge in [0, 0.05) is 54.4 Å². The third-order valence-corrected chi connectivity index (χ3v) is 13.8. The highest BCUT2D eigenvalue weighted by Gasteiger charge is 2.35. The average Bonchev–Trinajstić information content (AvgIpc) is 4.11. The minimum absolute atomic E-state index is 0.0551. The van der Waals surface area contributed by atoms with Gasteiger partial charge in [-0.25, -0.2) is 15.0 Å². The van der Waals surface area contributed by atoms with Crippen LogP contribution in [-0.4, -0.2) is 15.0 Å². The number of furan rings is 3. The summed E-state index contributed by atoms with van der Waals surface area (Å²) in [5.41, 5.74) is 17.2. The maximum absolute atomic E-state index is 6.57. The lowest BCUT2D eigenvalue weighted by molar-refractivity contribution is 0.660. The first-order chi connectivity index (χ1) is 32.4. The number of benzene rings is 9. The van der Waals surface area contributed by atoms with Gasteiger partial charge < -0.3 is 13.3 Å². The van der Waals surface area contributed by atoms with Crippen molar-refractivity contribution in [3.63, 3.8) is 0 Å². The molecule has 6 nitrogen and oxygen atoms in total. The van der Waals surface area contributed by atoms with E-state index in [9.17, 15) is 0 Å². The van der Waals surface area contributed by atoms with Crippen LogP contribution in [0.4, 0.5) is 0 Å². The Kier molecular flexibility index (Phi) is 7.64. The predicted octanol–water partition coefficient (Wildman–Crippen LogP) is 16.2. The molecule has 4 heterocycles. The maximum Gasteiger partial charge on any atom is 0.164 e. The van der Waals surface area contributed by atoms with Crippen molar-refractivity contribution in [2.75, 3.05) is 0 Å². The third-order valence-electron chi connectivity index (χ3n) is 13.8. The van der Waals surface area contributed by atoms with Gasteiger partial charge in [-0.05, 0) is 99.1 Å². The smallest absolute Gasteiger partial charge is 0.164 e. The van der Waals surface area contributed by atoms with E-state index in [2.05, 4.69) is 135 Å². The Balaban J connectivity index is 0.906. The second-order valence-corrected chi connectivity index (χ2v) is 17.9. The molecule has 9 aromatic carbocycles. The standard InChI is InChI=1S/C60H37N3O3/c1-60(2)47-16-6-3-11-39(47)40-28-25-37(32-48(40)60)35-23-21-34(22-24-35)36-27-30-51-46(31-36)56-45(15-10-20-53(56)65-51)59-62-57(38-26-29-42-41-12-4-7-17-49(41)66-54(42)33-38)61-58(63-59)44-14-9-19-52-55(44)43-13-5-8-18-50(43)64-52/h3-33H,1-2H3. The molecule has 0 amide bonds. The zero-order valence-electron chi connectivity index (χ0n) is 36.0. The fourth-order valence-electron chi connectivity index (χ4n) is 10.5. The van der Waals surface area contributed by atoms with E-state index in [0.717, 1.165) is 93.6 Å². The first-order valence-corrected chi connectivity index (χ1v) is 22.3. The number of aromatic nitrogens is 3. The van der Waals surface area contributed by atoms with Crippen LogP contribution >= 0.6 is 0 Å². The van der Waals surface area contributed by atoms with Crippen molar-refractivity contribution in [1.29, 1.82) is 0 Å². The first kappa shape index (κ1) is 36.8. The highest BCUT2D eigenvalue weighted by Crippen LogP contribution is 2.50. The number of para-hydroxylation sites is 2. The van der Waals surface area contributed by atoms with Crippen molar-refractivity contribution in [2.24, 2.45) is 0 Å². The summed E-state index contributed by atoms with van der Waals surface area (Å²) < 4.78 is 19.2. The zero-order valence-corrected chi connectivity index (χ0v) is 36.0. The van der Waals surface area contributed by atoms with Crippen LogP contribution in [0.2, 0.25) is 0 Å². The van der Waals surface area contributed by atoms with Crippen LogP contribution < -0.4 is 0 Å². The summed E-state index contributed by atoms with van der Waals surface area (Å²) in [6, 6.07) is 65.6. The summed E-state index contributed by atoms with van der Waals surface area (Å²) in [6.45, 7) is 4.66. The molecule has 0 aliphatic heterocycles. The summed E-state index contributed by atoms with van der Waals surface area (Å²) in [5, 5.41) is 5.99. The second-order valence-electron chi connectivity index (χ2n) is 17.9. The normalized spacial score (nSPS) is 13.1. The Hall–Kier alpha value is -8.61. The molecule has 13 aromatic rings. The highest BCUT2D eigenvalue weighted by molar-refractivity contribution is 6.14. The number of rotatable bonds is 5. The summed E-state index contributed by atoms with van der Waals surface area (Å²) in [5.74, 6) is 1.61. The maximum atomic E-state index is 6.57. The average molecular weight is 848 g/mol. The van der Waals surface area contributed by atoms with Crippen molar-refractivity contribution < 1.29 is 13.3 Å². The van der Waals surface area contributed by atoms with E-state index in [-0.39, 0.29) is 5.41 Å². The predicted molar refractivity (Wildman–Crippen MR) is 266 cm³/mol. The minimum atomic E-state index is -0.0551. The van der Waals surface area contributed by atoms with Gasteiger partial charge in [0.05, 0.1) is 0 Å². The van der Waals surface area contributed by atoms with Crippen LogP contribution in [0.3, 0.4) is 0 Å². The van der Waals surface area contributed by atoms with E-state index in [0.29, 0.717) is 17.5 Å². The molecule has 0 fully saturated rings. The lowest BCUT2D eigenvalue weighted by Gasteiger charge is -2.22. The van der Waals surface area contributed by atoms with Crippen LogP contribution in [0.25, 0.3) is 133 Å². The van der Waals surface area contributed by atoms with E-state index in [1.807, 2.05) is 66.7 Å². The van der Waals surface area contributed by atoms with Gasteiger partial charge in [0.2, 0.25) is 0 Å². The van der Waals surface area contributed by atoms with E-state index in [1.54, 1.807) is 0 Å². The molecule has 0 radical (unpaired) electrons. The molecule has 0 bridgehead atoms.